The van der Waals surface area contributed by atoms with E-state index in [0.29, 0.717) is 17.7 Å². The Morgan fingerprint density at radius 2 is 2.11 bits per heavy atom. The summed E-state index contributed by atoms with van der Waals surface area (Å²) in [6, 6.07) is 0. The lowest BCUT2D eigenvalue weighted by molar-refractivity contribution is -0.446. The molecule has 7 nitrogen and oxygen atoms in total. The first-order chi connectivity index (χ1) is 8.54. The summed E-state index contributed by atoms with van der Waals surface area (Å²) in [5.41, 5.74) is 2.70. The van der Waals surface area contributed by atoms with Crippen molar-refractivity contribution in [1.82, 2.24) is 9.97 Å². The summed E-state index contributed by atoms with van der Waals surface area (Å²) in [6.45, 7) is 3.81. The zero-order valence-electron chi connectivity index (χ0n) is 10.7. The summed E-state index contributed by atoms with van der Waals surface area (Å²) < 4.78 is 0. The Labute approximate surface area is 105 Å². The molecule has 2 N–H and O–H groups in total. The minimum atomic E-state index is -0.751. The number of aromatic nitrogens is 2. The van der Waals surface area contributed by atoms with Crippen molar-refractivity contribution in [3.63, 3.8) is 0 Å². The van der Waals surface area contributed by atoms with Crippen LogP contribution in [-0.4, -0.2) is 15.0 Å². The average Bonchev–Trinajstić information content (AvgIpc) is 2.26. The highest BCUT2D eigenvalue weighted by Gasteiger charge is 2.10. The molecule has 0 spiro atoms. The largest absolute Gasteiger partial charge is 0.288 e. The van der Waals surface area contributed by atoms with Gasteiger partial charge in [-0.3, -0.25) is 9.78 Å². The van der Waals surface area contributed by atoms with Crippen molar-refractivity contribution in [2.24, 2.45) is 0 Å². The second-order valence-corrected chi connectivity index (χ2v) is 4.16. The molecule has 100 valence electrons. The van der Waals surface area contributed by atoms with E-state index in [1.165, 1.54) is 0 Å². The molecule has 7 heteroatoms. The molecule has 0 aliphatic carbocycles. The number of nitrogens with zero attached hydrogens (tertiary/aromatic N) is 2. The fraction of sp³-hybridized carbons (Fsp3) is 0.636. The minimum Gasteiger partial charge on any atom is -0.288 e. The maximum Gasteiger partial charge on any atom is 0.265 e. The van der Waals surface area contributed by atoms with Gasteiger partial charge in [0.15, 0.2) is 5.03 Å². The number of nitro groups is 1. The van der Waals surface area contributed by atoms with E-state index in [0.717, 1.165) is 25.7 Å². The van der Waals surface area contributed by atoms with E-state index in [-0.39, 0.29) is 11.5 Å². The van der Waals surface area contributed by atoms with Crippen LogP contribution in [0.4, 0.5) is 5.95 Å². The molecule has 0 amide bonds. The molecule has 0 unspecified atom stereocenters. The number of H-pyrrole nitrogens is 1. The highest BCUT2D eigenvalue weighted by atomic mass is 16.7. The van der Waals surface area contributed by atoms with Crippen molar-refractivity contribution in [2.45, 2.75) is 46.0 Å². The van der Waals surface area contributed by atoms with Crippen molar-refractivity contribution in [1.29, 1.82) is 0 Å². The standard InChI is InChI=1S/C11H18N4O3/c1-3-4-5-6-7-9-8(2)12-11(13-10(9)16)14-15(17)18/h3-7H2,1-2H3,(H2,12,13,14,16). The van der Waals surface area contributed by atoms with Gasteiger partial charge in [-0.25, -0.2) is 15.1 Å². The third-order valence-corrected chi connectivity index (χ3v) is 2.70. The summed E-state index contributed by atoms with van der Waals surface area (Å²) >= 11 is 0. The van der Waals surface area contributed by atoms with E-state index in [2.05, 4.69) is 16.9 Å². The third-order valence-electron chi connectivity index (χ3n) is 2.70. The molecule has 1 rings (SSSR count). The van der Waals surface area contributed by atoms with Crippen LogP contribution in [0.5, 0.6) is 0 Å². The summed E-state index contributed by atoms with van der Waals surface area (Å²) in [5.74, 6) is -0.125. The Morgan fingerprint density at radius 3 is 2.67 bits per heavy atom. The predicted octanol–water partition coefficient (Wildman–Crippen LogP) is 1.80. The summed E-state index contributed by atoms with van der Waals surface area (Å²) in [7, 11) is 0. The van der Waals surface area contributed by atoms with Crippen LogP contribution in [0.3, 0.4) is 0 Å². The Hall–Kier alpha value is -1.92. The molecule has 0 aliphatic rings. The molecule has 0 fully saturated rings. The van der Waals surface area contributed by atoms with Gasteiger partial charge < -0.3 is 0 Å². The maximum absolute atomic E-state index is 11.7. The van der Waals surface area contributed by atoms with Crippen LogP contribution in [-0.2, 0) is 6.42 Å². The number of rotatable bonds is 7. The molecular formula is C11H18N4O3. The van der Waals surface area contributed by atoms with Gasteiger partial charge >= 0.3 is 0 Å². The molecule has 0 radical (unpaired) electrons. The zero-order chi connectivity index (χ0) is 13.5. The monoisotopic (exact) mass is 254 g/mol. The second-order valence-electron chi connectivity index (χ2n) is 4.16. The SMILES string of the molecule is CCCCCCc1c(C)nc(N[N+](=O)[O-])[nH]c1=O. The van der Waals surface area contributed by atoms with Crippen LogP contribution in [0.2, 0.25) is 0 Å². The van der Waals surface area contributed by atoms with E-state index in [1.54, 1.807) is 6.92 Å². The van der Waals surface area contributed by atoms with E-state index in [4.69, 9.17) is 0 Å². The number of aromatic amines is 1. The normalized spacial score (nSPS) is 10.3. The van der Waals surface area contributed by atoms with E-state index in [9.17, 15) is 14.9 Å². The van der Waals surface area contributed by atoms with Gasteiger partial charge in [0.25, 0.3) is 11.5 Å². The van der Waals surface area contributed by atoms with E-state index < -0.39 is 5.03 Å². The predicted molar refractivity (Wildman–Crippen MR) is 68.1 cm³/mol. The van der Waals surface area contributed by atoms with Gasteiger partial charge in [-0.1, -0.05) is 31.6 Å². The van der Waals surface area contributed by atoms with Gasteiger partial charge in [-0.2, -0.15) is 0 Å². The fourth-order valence-corrected chi connectivity index (χ4v) is 1.77. The Morgan fingerprint density at radius 1 is 1.39 bits per heavy atom. The molecule has 1 aromatic rings. The van der Waals surface area contributed by atoms with Crippen LogP contribution in [0.25, 0.3) is 0 Å². The molecule has 0 saturated carbocycles. The van der Waals surface area contributed by atoms with Crippen molar-refractivity contribution in [3.8, 4) is 0 Å². The quantitative estimate of drug-likeness (QED) is 0.439. The fourth-order valence-electron chi connectivity index (χ4n) is 1.77. The molecule has 0 aliphatic heterocycles. The number of anilines is 1. The average molecular weight is 254 g/mol. The summed E-state index contributed by atoms with van der Waals surface area (Å²) in [5, 5.41) is 9.50. The molecule has 0 atom stereocenters. The van der Waals surface area contributed by atoms with Crippen LogP contribution < -0.4 is 11.0 Å². The number of hydrogen-bond donors (Lipinski definition) is 2. The first-order valence-corrected chi connectivity index (χ1v) is 6.05. The van der Waals surface area contributed by atoms with Crippen LogP contribution >= 0.6 is 0 Å². The topological polar surface area (TPSA) is 101 Å². The molecule has 0 aromatic carbocycles. The Bertz CT molecular complexity index is 470. The van der Waals surface area contributed by atoms with Gasteiger partial charge in [-0.15, -0.1) is 0 Å². The molecule has 0 bridgehead atoms. The molecule has 0 saturated heterocycles. The zero-order valence-corrected chi connectivity index (χ0v) is 10.7. The number of hydrazine groups is 1. The molecular weight excluding hydrogens is 236 g/mol. The number of nitrogens with one attached hydrogen (secondary N) is 2. The van der Waals surface area contributed by atoms with Crippen LogP contribution in [0, 0.1) is 17.0 Å². The highest BCUT2D eigenvalue weighted by molar-refractivity contribution is 5.26. The third kappa shape index (κ3) is 4.15. The highest BCUT2D eigenvalue weighted by Crippen LogP contribution is 2.08. The molecule has 1 aromatic heterocycles. The van der Waals surface area contributed by atoms with Crippen molar-refractivity contribution in [3.05, 3.63) is 31.7 Å². The number of hydrogen-bond acceptors (Lipinski definition) is 4. The van der Waals surface area contributed by atoms with Crippen molar-refractivity contribution < 1.29 is 5.03 Å². The van der Waals surface area contributed by atoms with Crippen LogP contribution in [0.1, 0.15) is 43.9 Å². The number of unbranched alkanes of at least 4 members (excludes halogenated alkanes) is 3. The molecule has 18 heavy (non-hydrogen) atoms. The Balaban J connectivity index is 2.75. The van der Waals surface area contributed by atoms with Gasteiger partial charge in [-0.05, 0) is 19.8 Å². The first kappa shape index (κ1) is 14.1. The van der Waals surface area contributed by atoms with Crippen molar-refractivity contribution >= 4 is 5.95 Å². The van der Waals surface area contributed by atoms with Gasteiger partial charge in [0.05, 0.1) is 5.69 Å². The van der Waals surface area contributed by atoms with E-state index in [1.807, 2.05) is 5.43 Å². The lowest BCUT2D eigenvalue weighted by atomic mass is 10.1. The lowest BCUT2D eigenvalue weighted by Gasteiger charge is -2.05. The smallest absolute Gasteiger partial charge is 0.265 e. The van der Waals surface area contributed by atoms with Crippen LogP contribution in [0.15, 0.2) is 4.79 Å². The second kappa shape index (κ2) is 6.73. The lowest BCUT2D eigenvalue weighted by Crippen LogP contribution is -2.21. The van der Waals surface area contributed by atoms with Crippen molar-refractivity contribution in [2.75, 3.05) is 5.43 Å². The molecule has 1 heterocycles. The maximum atomic E-state index is 11.7. The Kier molecular flexibility index (Phi) is 5.29. The van der Waals surface area contributed by atoms with E-state index >= 15 is 0 Å². The summed E-state index contributed by atoms with van der Waals surface area (Å²) in [6.07, 6.45) is 4.95. The minimum absolute atomic E-state index is 0.125. The van der Waals surface area contributed by atoms with Gasteiger partial charge in [0, 0.05) is 5.56 Å². The summed E-state index contributed by atoms with van der Waals surface area (Å²) in [4.78, 5) is 28.3. The first-order valence-electron chi connectivity index (χ1n) is 6.05. The van der Waals surface area contributed by atoms with Gasteiger partial charge in [0.2, 0.25) is 0 Å². The van der Waals surface area contributed by atoms with Gasteiger partial charge in [0.1, 0.15) is 0 Å². The number of aryl methyl sites for hydroxylation is 1.